The second-order valence-electron chi connectivity index (χ2n) is 7.31. The van der Waals surface area contributed by atoms with Crippen molar-refractivity contribution in [2.24, 2.45) is 0 Å². The van der Waals surface area contributed by atoms with Crippen LogP contribution in [0.15, 0.2) is 18.2 Å². The third kappa shape index (κ3) is 4.74. The zero-order chi connectivity index (χ0) is 17.6. The van der Waals surface area contributed by atoms with Crippen molar-refractivity contribution in [1.82, 2.24) is 10.6 Å². The third-order valence-corrected chi connectivity index (χ3v) is 5.34. The predicted octanol–water partition coefficient (Wildman–Crippen LogP) is 3.52. The van der Waals surface area contributed by atoms with Crippen LogP contribution in [0.25, 0.3) is 0 Å². The number of fused-ring (bicyclic) bond motifs is 1. The van der Waals surface area contributed by atoms with Crippen LogP contribution in [0.5, 0.6) is 0 Å². The summed E-state index contributed by atoms with van der Waals surface area (Å²) in [6.45, 7) is 1.80. The van der Waals surface area contributed by atoms with Gasteiger partial charge in [-0.2, -0.15) is 0 Å². The predicted molar refractivity (Wildman–Crippen MR) is 99.7 cm³/mol. The molecule has 2 aliphatic carbocycles. The number of nitrogens with one attached hydrogen (secondary N) is 3. The van der Waals surface area contributed by atoms with Crippen LogP contribution < -0.4 is 16.0 Å². The van der Waals surface area contributed by atoms with E-state index in [9.17, 15) is 9.59 Å². The van der Waals surface area contributed by atoms with E-state index in [1.165, 1.54) is 30.4 Å². The molecule has 0 bridgehead atoms. The van der Waals surface area contributed by atoms with Gasteiger partial charge in [-0.3, -0.25) is 10.1 Å². The van der Waals surface area contributed by atoms with Crippen molar-refractivity contribution < 1.29 is 9.59 Å². The van der Waals surface area contributed by atoms with Crippen molar-refractivity contribution in [1.29, 1.82) is 0 Å². The average molecular weight is 343 g/mol. The smallest absolute Gasteiger partial charge is 0.321 e. The Hall–Kier alpha value is -2.04. The number of hydrogen-bond acceptors (Lipinski definition) is 3. The summed E-state index contributed by atoms with van der Waals surface area (Å²) >= 11 is 0. The first-order chi connectivity index (χ1) is 12.1. The molecule has 2 aliphatic rings. The molecule has 1 saturated carbocycles. The minimum absolute atomic E-state index is 0.200. The Morgan fingerprint density at radius 1 is 1.04 bits per heavy atom. The fraction of sp³-hybridized carbons (Fsp3) is 0.600. The summed E-state index contributed by atoms with van der Waals surface area (Å²) in [6, 6.07) is 5.60. The molecule has 3 rings (SSSR count). The van der Waals surface area contributed by atoms with Gasteiger partial charge in [0.15, 0.2) is 0 Å². The van der Waals surface area contributed by atoms with Gasteiger partial charge in [0.1, 0.15) is 6.04 Å². The van der Waals surface area contributed by atoms with Crippen LogP contribution in [-0.4, -0.2) is 24.0 Å². The molecular formula is C20H29N3O2. The average Bonchev–Trinajstić information content (AvgIpc) is 2.62. The van der Waals surface area contributed by atoms with Gasteiger partial charge in [0.25, 0.3) is 0 Å². The van der Waals surface area contributed by atoms with E-state index in [1.807, 2.05) is 12.1 Å². The molecule has 1 fully saturated rings. The number of carbonyl (C=O) groups is 2. The van der Waals surface area contributed by atoms with Crippen molar-refractivity contribution in [3.8, 4) is 0 Å². The maximum Gasteiger partial charge on any atom is 0.321 e. The molecule has 5 heteroatoms. The molecule has 0 saturated heterocycles. The second kappa shape index (κ2) is 8.37. The summed E-state index contributed by atoms with van der Waals surface area (Å²) in [5.41, 5.74) is 3.71. The molecule has 1 aromatic rings. The Labute approximate surface area is 150 Å². The summed E-state index contributed by atoms with van der Waals surface area (Å²) in [5, 5.41) is 8.68. The maximum absolute atomic E-state index is 12.3. The van der Waals surface area contributed by atoms with Gasteiger partial charge in [0, 0.05) is 11.7 Å². The second-order valence-corrected chi connectivity index (χ2v) is 7.31. The Morgan fingerprint density at radius 2 is 1.80 bits per heavy atom. The van der Waals surface area contributed by atoms with Crippen molar-refractivity contribution in [3.63, 3.8) is 0 Å². The molecule has 0 spiro atoms. The van der Waals surface area contributed by atoms with Crippen LogP contribution in [-0.2, 0) is 17.6 Å². The van der Waals surface area contributed by atoms with Gasteiger partial charge in [-0.05, 0) is 62.6 Å². The zero-order valence-corrected chi connectivity index (χ0v) is 15.1. The Kier molecular flexibility index (Phi) is 5.95. The Morgan fingerprint density at radius 3 is 2.60 bits per heavy atom. The first-order valence-electron chi connectivity index (χ1n) is 9.62. The van der Waals surface area contributed by atoms with Crippen molar-refractivity contribution in [2.75, 3.05) is 5.32 Å². The van der Waals surface area contributed by atoms with Crippen LogP contribution in [0.2, 0.25) is 0 Å². The Balaban J connectivity index is 1.53. The lowest BCUT2D eigenvalue weighted by Gasteiger charge is -2.24. The number of aryl methyl sites for hydroxylation is 1. The SMILES string of the molecule is CC(Nc1cccc2c1CCCC2)C(=O)NC(=O)NC1CCCCC1. The summed E-state index contributed by atoms with van der Waals surface area (Å²) in [5.74, 6) is -0.290. The summed E-state index contributed by atoms with van der Waals surface area (Å²) < 4.78 is 0. The zero-order valence-electron chi connectivity index (χ0n) is 15.1. The van der Waals surface area contributed by atoms with E-state index in [2.05, 4.69) is 22.0 Å². The maximum atomic E-state index is 12.3. The van der Waals surface area contributed by atoms with Gasteiger partial charge in [-0.15, -0.1) is 0 Å². The number of anilines is 1. The topological polar surface area (TPSA) is 70.2 Å². The van der Waals surface area contributed by atoms with Crippen LogP contribution in [0.4, 0.5) is 10.5 Å². The first kappa shape index (κ1) is 17.8. The van der Waals surface area contributed by atoms with Gasteiger partial charge in [0.05, 0.1) is 0 Å². The monoisotopic (exact) mass is 343 g/mol. The summed E-state index contributed by atoms with van der Waals surface area (Å²) in [4.78, 5) is 24.4. The minimum Gasteiger partial charge on any atom is -0.374 e. The quantitative estimate of drug-likeness (QED) is 0.783. The number of hydrogen-bond donors (Lipinski definition) is 3. The van der Waals surface area contributed by atoms with E-state index in [1.54, 1.807) is 6.92 Å². The Bertz CT molecular complexity index is 623. The fourth-order valence-corrected chi connectivity index (χ4v) is 3.90. The summed E-state index contributed by atoms with van der Waals surface area (Å²) in [6.07, 6.45) is 10.1. The highest BCUT2D eigenvalue weighted by Crippen LogP contribution is 2.28. The van der Waals surface area contributed by atoms with Gasteiger partial charge >= 0.3 is 6.03 Å². The molecule has 1 unspecified atom stereocenters. The lowest BCUT2D eigenvalue weighted by Crippen LogP contribution is -2.49. The molecule has 0 aromatic heterocycles. The van der Waals surface area contributed by atoms with E-state index >= 15 is 0 Å². The molecule has 1 aromatic carbocycles. The third-order valence-electron chi connectivity index (χ3n) is 5.34. The molecule has 136 valence electrons. The molecule has 25 heavy (non-hydrogen) atoms. The van der Waals surface area contributed by atoms with Crippen LogP contribution in [0, 0.1) is 0 Å². The van der Waals surface area contributed by atoms with Gasteiger partial charge in [-0.25, -0.2) is 4.79 Å². The molecule has 5 nitrogen and oxygen atoms in total. The fourth-order valence-electron chi connectivity index (χ4n) is 3.90. The highest BCUT2D eigenvalue weighted by Gasteiger charge is 2.21. The van der Waals surface area contributed by atoms with Crippen molar-refractivity contribution in [2.45, 2.75) is 76.8 Å². The van der Waals surface area contributed by atoms with Gasteiger partial charge in [-0.1, -0.05) is 31.4 Å². The van der Waals surface area contributed by atoms with E-state index in [4.69, 9.17) is 0 Å². The molecule has 1 atom stereocenters. The highest BCUT2D eigenvalue weighted by molar-refractivity contribution is 5.98. The molecule has 3 N–H and O–H groups in total. The van der Waals surface area contributed by atoms with Crippen molar-refractivity contribution in [3.05, 3.63) is 29.3 Å². The van der Waals surface area contributed by atoms with E-state index < -0.39 is 6.04 Å². The number of rotatable bonds is 4. The van der Waals surface area contributed by atoms with E-state index in [0.717, 1.165) is 44.2 Å². The van der Waals surface area contributed by atoms with Crippen LogP contribution in [0.3, 0.4) is 0 Å². The van der Waals surface area contributed by atoms with Gasteiger partial charge < -0.3 is 10.6 Å². The molecular weight excluding hydrogens is 314 g/mol. The number of benzene rings is 1. The number of urea groups is 1. The normalized spacial score (nSPS) is 18.8. The van der Waals surface area contributed by atoms with Crippen molar-refractivity contribution >= 4 is 17.6 Å². The minimum atomic E-state index is -0.453. The van der Waals surface area contributed by atoms with Crippen LogP contribution in [0.1, 0.15) is 63.0 Å². The molecule has 0 radical (unpaired) electrons. The van der Waals surface area contributed by atoms with Crippen LogP contribution >= 0.6 is 0 Å². The van der Waals surface area contributed by atoms with E-state index in [0.29, 0.717) is 0 Å². The summed E-state index contributed by atoms with van der Waals surface area (Å²) in [7, 11) is 0. The number of carbonyl (C=O) groups excluding carboxylic acids is 2. The molecule has 3 amide bonds. The van der Waals surface area contributed by atoms with Gasteiger partial charge in [0.2, 0.25) is 5.91 Å². The number of imide groups is 1. The largest absolute Gasteiger partial charge is 0.374 e. The lowest BCUT2D eigenvalue weighted by atomic mass is 9.90. The lowest BCUT2D eigenvalue weighted by molar-refractivity contribution is -0.120. The van der Waals surface area contributed by atoms with E-state index in [-0.39, 0.29) is 18.0 Å². The number of amides is 3. The first-order valence-corrected chi connectivity index (χ1v) is 9.62. The molecule has 0 heterocycles. The standard InChI is InChI=1S/C20H29N3O2/c1-14(19(24)23-20(25)22-16-10-3-2-4-11-16)21-18-13-7-9-15-8-5-6-12-17(15)18/h7,9,13-14,16,21H,2-6,8,10-12H2,1H3,(H2,22,23,24,25). The molecule has 0 aliphatic heterocycles. The highest BCUT2D eigenvalue weighted by atomic mass is 16.2.